The predicted octanol–water partition coefficient (Wildman–Crippen LogP) is 2.96. The molecule has 0 saturated carbocycles. The van der Waals surface area contributed by atoms with Crippen molar-refractivity contribution >= 4 is 11.7 Å². The first-order valence-corrected chi connectivity index (χ1v) is 7.33. The summed E-state index contributed by atoms with van der Waals surface area (Å²) in [6, 6.07) is 8.38. The highest BCUT2D eigenvalue weighted by Gasteiger charge is 2.19. The van der Waals surface area contributed by atoms with Crippen molar-refractivity contribution in [3.05, 3.63) is 59.2 Å². The molecule has 4 nitrogen and oxygen atoms in total. The van der Waals surface area contributed by atoms with E-state index in [4.69, 9.17) is 4.74 Å². The topological polar surface area (TPSA) is 42.4 Å². The van der Waals surface area contributed by atoms with Crippen LogP contribution in [-0.4, -0.2) is 24.1 Å². The largest absolute Gasteiger partial charge is 0.461 e. The molecule has 1 aliphatic heterocycles. The fourth-order valence-corrected chi connectivity index (χ4v) is 2.65. The van der Waals surface area contributed by atoms with Crippen molar-refractivity contribution in [1.82, 2.24) is 4.98 Å². The number of aromatic nitrogens is 1. The smallest absolute Gasteiger partial charge is 0.356 e. The maximum atomic E-state index is 13.3. The zero-order chi connectivity index (χ0) is 15.5. The lowest BCUT2D eigenvalue weighted by Gasteiger charge is -2.30. The van der Waals surface area contributed by atoms with E-state index in [1.165, 1.54) is 12.1 Å². The fourth-order valence-electron chi connectivity index (χ4n) is 2.65. The molecule has 0 amide bonds. The molecule has 2 aromatic rings. The molecule has 1 aromatic heterocycles. The van der Waals surface area contributed by atoms with Crippen molar-refractivity contribution in [2.24, 2.45) is 0 Å². The lowest BCUT2D eigenvalue weighted by atomic mass is 10.0. The van der Waals surface area contributed by atoms with E-state index >= 15 is 0 Å². The van der Waals surface area contributed by atoms with Crippen molar-refractivity contribution in [1.29, 1.82) is 0 Å². The third kappa shape index (κ3) is 2.93. The molecule has 0 radical (unpaired) electrons. The molecule has 5 heteroatoms. The summed E-state index contributed by atoms with van der Waals surface area (Å²) < 4.78 is 18.3. The summed E-state index contributed by atoms with van der Waals surface area (Å²) in [5.41, 5.74) is 3.37. The summed E-state index contributed by atoms with van der Waals surface area (Å²) in [4.78, 5) is 18.0. The number of ether oxygens (including phenoxy) is 1. The van der Waals surface area contributed by atoms with Crippen molar-refractivity contribution in [2.45, 2.75) is 19.9 Å². The molecule has 0 aliphatic carbocycles. The molecule has 0 bridgehead atoms. The Morgan fingerprint density at radius 1 is 1.36 bits per heavy atom. The van der Waals surface area contributed by atoms with Crippen molar-refractivity contribution in [2.75, 3.05) is 18.1 Å². The molecule has 1 aromatic carbocycles. The number of hydrogen-bond acceptors (Lipinski definition) is 4. The quantitative estimate of drug-likeness (QED) is 0.817. The monoisotopic (exact) mass is 300 g/mol. The molecule has 0 unspecified atom stereocenters. The summed E-state index contributed by atoms with van der Waals surface area (Å²) in [6.07, 6.45) is 2.51. The minimum atomic E-state index is -0.391. The Kier molecular flexibility index (Phi) is 4.04. The Bertz CT molecular complexity index is 703. The first-order valence-electron chi connectivity index (χ1n) is 7.33. The first kappa shape index (κ1) is 14.5. The van der Waals surface area contributed by atoms with Gasteiger partial charge < -0.3 is 9.64 Å². The number of carbonyl (C=O) groups excluding carboxylic acids is 1. The van der Waals surface area contributed by atoms with E-state index in [1.54, 1.807) is 25.3 Å². The van der Waals surface area contributed by atoms with E-state index < -0.39 is 5.97 Å². The van der Waals surface area contributed by atoms with E-state index in [0.717, 1.165) is 29.8 Å². The van der Waals surface area contributed by atoms with Crippen LogP contribution in [0.25, 0.3) is 0 Å². The number of hydrogen-bond donors (Lipinski definition) is 0. The van der Waals surface area contributed by atoms with Crippen molar-refractivity contribution in [3.8, 4) is 0 Å². The Balaban J connectivity index is 1.81. The minimum absolute atomic E-state index is 0.237. The number of fused-ring (bicyclic) bond motifs is 1. The molecule has 2 heterocycles. The number of halogens is 1. The van der Waals surface area contributed by atoms with Gasteiger partial charge in [0.15, 0.2) is 0 Å². The fraction of sp³-hybridized carbons (Fsp3) is 0.294. The lowest BCUT2D eigenvalue weighted by molar-refractivity contribution is 0.0519. The van der Waals surface area contributed by atoms with Gasteiger partial charge in [-0.3, -0.25) is 0 Å². The molecule has 22 heavy (non-hydrogen) atoms. The Morgan fingerprint density at radius 2 is 2.23 bits per heavy atom. The summed E-state index contributed by atoms with van der Waals surface area (Å²) in [5.74, 6) is -0.628. The molecule has 0 N–H and O–H groups in total. The molecule has 0 fully saturated rings. The molecular weight excluding hydrogens is 283 g/mol. The number of benzene rings is 1. The van der Waals surface area contributed by atoms with E-state index in [1.807, 2.05) is 6.07 Å². The zero-order valence-corrected chi connectivity index (χ0v) is 12.4. The zero-order valence-electron chi connectivity index (χ0n) is 12.4. The highest BCUT2D eigenvalue weighted by atomic mass is 19.1. The molecule has 0 saturated heterocycles. The van der Waals surface area contributed by atoms with Gasteiger partial charge in [0.1, 0.15) is 11.5 Å². The average Bonchev–Trinajstić information content (AvgIpc) is 2.54. The number of anilines is 1. The maximum absolute atomic E-state index is 13.3. The van der Waals surface area contributed by atoms with Crippen LogP contribution in [0, 0.1) is 5.82 Å². The Hall–Kier alpha value is -2.43. The molecule has 0 atom stereocenters. The minimum Gasteiger partial charge on any atom is -0.461 e. The van der Waals surface area contributed by atoms with Crippen LogP contribution < -0.4 is 4.90 Å². The van der Waals surface area contributed by atoms with Gasteiger partial charge >= 0.3 is 5.97 Å². The average molecular weight is 300 g/mol. The number of carbonyl (C=O) groups is 1. The van der Waals surface area contributed by atoms with E-state index in [9.17, 15) is 9.18 Å². The summed E-state index contributed by atoms with van der Waals surface area (Å²) in [6.45, 7) is 3.55. The molecular formula is C17H17FN2O2. The second-order valence-corrected chi connectivity index (χ2v) is 5.21. The van der Waals surface area contributed by atoms with Gasteiger partial charge in [-0.2, -0.15) is 0 Å². The molecule has 3 rings (SSSR count). The van der Waals surface area contributed by atoms with Gasteiger partial charge in [0, 0.05) is 25.0 Å². The number of pyridine rings is 1. The lowest BCUT2D eigenvalue weighted by Crippen LogP contribution is -2.30. The van der Waals surface area contributed by atoms with Gasteiger partial charge in [0.2, 0.25) is 0 Å². The normalized spacial score (nSPS) is 13.6. The van der Waals surface area contributed by atoms with Gasteiger partial charge in [0.25, 0.3) is 0 Å². The predicted molar refractivity (Wildman–Crippen MR) is 81.3 cm³/mol. The van der Waals surface area contributed by atoms with Crippen molar-refractivity contribution < 1.29 is 13.9 Å². The number of esters is 1. The van der Waals surface area contributed by atoms with Crippen LogP contribution in [0.5, 0.6) is 0 Å². The van der Waals surface area contributed by atoms with Gasteiger partial charge in [-0.15, -0.1) is 0 Å². The van der Waals surface area contributed by atoms with Gasteiger partial charge in [0.05, 0.1) is 6.61 Å². The molecule has 1 aliphatic rings. The van der Waals surface area contributed by atoms with Crippen LogP contribution in [0.15, 0.2) is 36.5 Å². The maximum Gasteiger partial charge on any atom is 0.356 e. The second-order valence-electron chi connectivity index (χ2n) is 5.21. The second kappa shape index (κ2) is 6.13. The van der Waals surface area contributed by atoms with Gasteiger partial charge in [-0.1, -0.05) is 6.07 Å². The van der Waals surface area contributed by atoms with Crippen LogP contribution in [-0.2, 0) is 17.7 Å². The highest BCUT2D eigenvalue weighted by Crippen LogP contribution is 2.25. The van der Waals surface area contributed by atoms with Gasteiger partial charge in [-0.05, 0) is 48.7 Å². The van der Waals surface area contributed by atoms with E-state index in [-0.39, 0.29) is 5.82 Å². The Labute approximate surface area is 128 Å². The SMILES string of the molecule is CCOC(=O)c1cc2c(cn1)CN(c1cccc(F)c1)CC2. The number of rotatable bonds is 3. The first-order chi connectivity index (χ1) is 10.7. The molecule has 114 valence electrons. The van der Waals surface area contributed by atoms with E-state index in [2.05, 4.69) is 9.88 Å². The molecule has 0 spiro atoms. The van der Waals surface area contributed by atoms with Gasteiger partial charge in [-0.25, -0.2) is 14.2 Å². The summed E-state index contributed by atoms with van der Waals surface area (Å²) in [5, 5.41) is 0. The summed E-state index contributed by atoms with van der Waals surface area (Å²) >= 11 is 0. The third-order valence-electron chi connectivity index (χ3n) is 3.75. The van der Waals surface area contributed by atoms with Crippen LogP contribution in [0.1, 0.15) is 28.5 Å². The van der Waals surface area contributed by atoms with Crippen LogP contribution in [0.4, 0.5) is 10.1 Å². The number of nitrogens with zero attached hydrogens (tertiary/aromatic N) is 2. The van der Waals surface area contributed by atoms with E-state index in [0.29, 0.717) is 18.8 Å². The van der Waals surface area contributed by atoms with Crippen LogP contribution in [0.3, 0.4) is 0 Å². The standard InChI is InChI=1S/C17H17FN2O2/c1-2-22-17(21)16-8-12-6-7-20(11-13(12)10-19-16)15-5-3-4-14(18)9-15/h3-5,8-10H,2,6-7,11H2,1H3. The Morgan fingerprint density at radius 3 is 3.00 bits per heavy atom. The van der Waals surface area contributed by atoms with Crippen molar-refractivity contribution in [3.63, 3.8) is 0 Å². The highest BCUT2D eigenvalue weighted by molar-refractivity contribution is 5.87. The summed E-state index contributed by atoms with van der Waals surface area (Å²) in [7, 11) is 0. The third-order valence-corrected chi connectivity index (χ3v) is 3.75. The van der Waals surface area contributed by atoms with Crippen LogP contribution in [0.2, 0.25) is 0 Å². The van der Waals surface area contributed by atoms with Crippen LogP contribution >= 0.6 is 0 Å².